The number of carboxylic acids is 1. The second kappa shape index (κ2) is 7.00. The van der Waals surface area contributed by atoms with Gasteiger partial charge in [0.05, 0.1) is 24.0 Å². The van der Waals surface area contributed by atoms with E-state index in [0.29, 0.717) is 10.6 Å². The molecule has 7 heteroatoms. The first-order chi connectivity index (χ1) is 13.0. The Morgan fingerprint density at radius 1 is 1.19 bits per heavy atom. The number of nitrogens with zero attached hydrogens (tertiary/aromatic N) is 1. The van der Waals surface area contributed by atoms with Crippen LogP contribution in [0.3, 0.4) is 0 Å². The molecule has 3 aliphatic rings. The molecule has 0 aromatic heterocycles. The Bertz CT molecular complexity index is 831. The summed E-state index contributed by atoms with van der Waals surface area (Å²) in [5.74, 6) is -1.55. The zero-order chi connectivity index (χ0) is 19.1. The number of ketones is 1. The van der Waals surface area contributed by atoms with E-state index in [-0.39, 0.29) is 36.5 Å². The molecule has 1 saturated carbocycles. The molecule has 1 aromatic carbocycles. The molecule has 0 spiro atoms. The molecule has 1 aliphatic carbocycles. The quantitative estimate of drug-likeness (QED) is 0.855. The molecule has 4 rings (SSSR count). The highest BCUT2D eigenvalue weighted by Crippen LogP contribution is 2.46. The Balaban J connectivity index is 1.76. The number of carboxylic acid groups (broad SMARTS) is 1. The summed E-state index contributed by atoms with van der Waals surface area (Å²) in [7, 11) is 0. The summed E-state index contributed by atoms with van der Waals surface area (Å²) in [6, 6.07) is 6.31. The molecule has 2 heterocycles. The smallest absolute Gasteiger partial charge is 0.305 e. The van der Waals surface area contributed by atoms with Crippen molar-refractivity contribution in [2.45, 2.75) is 44.2 Å². The molecule has 142 valence electrons. The van der Waals surface area contributed by atoms with Crippen LogP contribution in [0.25, 0.3) is 0 Å². The van der Waals surface area contributed by atoms with Crippen LogP contribution in [0.1, 0.15) is 43.7 Å². The average Bonchev–Trinajstić information content (AvgIpc) is 2.93. The summed E-state index contributed by atoms with van der Waals surface area (Å²) in [6.45, 7) is 0.0143. The molecule has 0 bridgehead atoms. The van der Waals surface area contributed by atoms with E-state index in [1.807, 2.05) is 0 Å². The minimum Gasteiger partial charge on any atom is -0.483 e. The van der Waals surface area contributed by atoms with Gasteiger partial charge in [-0.25, -0.2) is 0 Å². The third-order valence-corrected chi connectivity index (χ3v) is 5.86. The molecule has 0 radical (unpaired) electrons. The zero-order valence-electron chi connectivity index (χ0n) is 14.7. The number of benzene rings is 1. The van der Waals surface area contributed by atoms with E-state index in [0.717, 1.165) is 31.2 Å². The Morgan fingerprint density at radius 2 is 1.89 bits per heavy atom. The Hall–Kier alpha value is -2.34. The molecule has 3 atom stereocenters. The van der Waals surface area contributed by atoms with Crippen LogP contribution in [0, 0.1) is 5.92 Å². The molecular weight excluding hydrogens is 370 g/mol. The van der Waals surface area contributed by atoms with E-state index in [1.165, 1.54) is 4.90 Å². The number of aliphatic carboxylic acids is 1. The first-order valence-corrected chi connectivity index (χ1v) is 9.58. The number of amides is 1. The Kier molecular flexibility index (Phi) is 4.68. The monoisotopic (exact) mass is 389 g/mol. The first kappa shape index (κ1) is 18.0. The average molecular weight is 390 g/mol. The number of Topliss-reactive ketones (excluding diaryl/α,β-unsaturated/α-hetero) is 1. The van der Waals surface area contributed by atoms with Crippen LogP contribution in [0.4, 0.5) is 0 Å². The standard InChI is InChI=1S/C20H20ClNO5/c21-12-7-5-11(6-8-12)17-16-18(25)13-3-1-2-4-14(13)27-19(16)20(26)22(17)10-9-15(23)24/h5-8,13-14,17H,1-4,9-10H2,(H,23,24). The van der Waals surface area contributed by atoms with Crippen LogP contribution in [0.2, 0.25) is 5.02 Å². The van der Waals surface area contributed by atoms with Gasteiger partial charge in [-0.2, -0.15) is 0 Å². The predicted octanol–water partition coefficient (Wildman–Crippen LogP) is 3.11. The number of halogens is 1. The van der Waals surface area contributed by atoms with Crippen molar-refractivity contribution >= 4 is 29.3 Å². The molecule has 1 amide bonds. The second-order valence-corrected chi connectivity index (χ2v) is 7.69. The molecule has 6 nitrogen and oxygen atoms in total. The molecule has 1 fully saturated rings. The van der Waals surface area contributed by atoms with Crippen molar-refractivity contribution < 1.29 is 24.2 Å². The molecular formula is C20H20ClNO5. The van der Waals surface area contributed by atoms with Gasteiger partial charge < -0.3 is 14.7 Å². The lowest BCUT2D eigenvalue weighted by molar-refractivity contribution is -0.139. The van der Waals surface area contributed by atoms with Gasteiger partial charge in [-0.1, -0.05) is 30.2 Å². The van der Waals surface area contributed by atoms with Crippen molar-refractivity contribution in [2.24, 2.45) is 5.92 Å². The van der Waals surface area contributed by atoms with Gasteiger partial charge in [-0.3, -0.25) is 14.4 Å². The fourth-order valence-corrected chi connectivity index (χ4v) is 4.46. The highest BCUT2D eigenvalue weighted by atomic mass is 35.5. The number of carbonyl (C=O) groups excluding carboxylic acids is 2. The normalized spacial score (nSPS) is 27.3. The lowest BCUT2D eigenvalue weighted by atomic mass is 9.77. The molecule has 0 saturated heterocycles. The largest absolute Gasteiger partial charge is 0.483 e. The lowest BCUT2D eigenvalue weighted by Crippen LogP contribution is -2.39. The van der Waals surface area contributed by atoms with E-state index in [2.05, 4.69) is 0 Å². The van der Waals surface area contributed by atoms with Crippen molar-refractivity contribution in [3.63, 3.8) is 0 Å². The fraction of sp³-hybridized carbons (Fsp3) is 0.450. The van der Waals surface area contributed by atoms with Crippen LogP contribution in [-0.4, -0.2) is 40.3 Å². The highest BCUT2D eigenvalue weighted by molar-refractivity contribution is 6.30. The van der Waals surface area contributed by atoms with Gasteiger partial charge in [-0.15, -0.1) is 0 Å². The summed E-state index contributed by atoms with van der Waals surface area (Å²) in [5, 5.41) is 9.61. The summed E-state index contributed by atoms with van der Waals surface area (Å²) >= 11 is 5.98. The number of hydrogen-bond acceptors (Lipinski definition) is 4. The first-order valence-electron chi connectivity index (χ1n) is 9.20. The van der Waals surface area contributed by atoms with Gasteiger partial charge in [0.25, 0.3) is 5.91 Å². The molecule has 1 aromatic rings. The van der Waals surface area contributed by atoms with Gasteiger partial charge >= 0.3 is 5.97 Å². The van der Waals surface area contributed by atoms with Crippen LogP contribution in [0.15, 0.2) is 35.6 Å². The van der Waals surface area contributed by atoms with E-state index < -0.39 is 17.9 Å². The van der Waals surface area contributed by atoms with Crippen LogP contribution in [-0.2, 0) is 19.1 Å². The lowest BCUT2D eigenvalue weighted by Gasteiger charge is -2.35. The number of hydrogen-bond donors (Lipinski definition) is 1. The van der Waals surface area contributed by atoms with Crippen LogP contribution in [0.5, 0.6) is 0 Å². The van der Waals surface area contributed by atoms with Crippen LogP contribution >= 0.6 is 11.6 Å². The van der Waals surface area contributed by atoms with Crippen molar-refractivity contribution in [3.8, 4) is 0 Å². The maximum Gasteiger partial charge on any atom is 0.305 e. The van der Waals surface area contributed by atoms with Crippen molar-refractivity contribution in [1.29, 1.82) is 0 Å². The van der Waals surface area contributed by atoms with Crippen molar-refractivity contribution in [1.82, 2.24) is 4.90 Å². The van der Waals surface area contributed by atoms with E-state index in [4.69, 9.17) is 21.4 Å². The zero-order valence-corrected chi connectivity index (χ0v) is 15.4. The number of fused-ring (bicyclic) bond motifs is 1. The fourth-order valence-electron chi connectivity index (χ4n) is 4.33. The van der Waals surface area contributed by atoms with Gasteiger partial charge in [-0.05, 0) is 37.0 Å². The van der Waals surface area contributed by atoms with E-state index in [9.17, 15) is 14.4 Å². The van der Waals surface area contributed by atoms with E-state index in [1.54, 1.807) is 24.3 Å². The van der Waals surface area contributed by atoms with Crippen molar-refractivity contribution in [2.75, 3.05) is 6.54 Å². The topological polar surface area (TPSA) is 83.9 Å². The Morgan fingerprint density at radius 3 is 2.59 bits per heavy atom. The third-order valence-electron chi connectivity index (χ3n) is 5.61. The maximum atomic E-state index is 13.3. The predicted molar refractivity (Wildman–Crippen MR) is 97.0 cm³/mol. The van der Waals surface area contributed by atoms with Crippen LogP contribution < -0.4 is 0 Å². The highest BCUT2D eigenvalue weighted by Gasteiger charge is 2.51. The summed E-state index contributed by atoms with van der Waals surface area (Å²) in [5.41, 5.74) is 1.10. The molecule has 27 heavy (non-hydrogen) atoms. The molecule has 2 aliphatic heterocycles. The maximum absolute atomic E-state index is 13.3. The van der Waals surface area contributed by atoms with E-state index >= 15 is 0 Å². The van der Waals surface area contributed by atoms with Gasteiger partial charge in [0.1, 0.15) is 6.10 Å². The summed E-state index contributed by atoms with van der Waals surface area (Å²) in [4.78, 5) is 38.8. The number of rotatable bonds is 4. The summed E-state index contributed by atoms with van der Waals surface area (Å²) in [6.07, 6.45) is 3.03. The Labute approximate surface area is 161 Å². The van der Waals surface area contributed by atoms with Gasteiger partial charge in [0, 0.05) is 11.6 Å². The number of ether oxygens (including phenoxy) is 1. The van der Waals surface area contributed by atoms with Gasteiger partial charge in [0.2, 0.25) is 0 Å². The minimum absolute atomic E-state index is 0.0143. The minimum atomic E-state index is -0.997. The van der Waals surface area contributed by atoms with Gasteiger partial charge in [0.15, 0.2) is 11.5 Å². The SMILES string of the molecule is O=C(O)CCN1C(=O)C2=C(C(=O)C3CCCCC3O2)C1c1ccc(Cl)cc1. The molecule has 1 N–H and O–H groups in total. The summed E-state index contributed by atoms with van der Waals surface area (Å²) < 4.78 is 6.00. The molecule has 3 unspecified atom stereocenters. The van der Waals surface area contributed by atoms with Crippen molar-refractivity contribution in [3.05, 3.63) is 46.2 Å². The third kappa shape index (κ3) is 3.12. The number of carbonyl (C=O) groups is 3. The second-order valence-electron chi connectivity index (χ2n) is 7.25.